The van der Waals surface area contributed by atoms with Crippen molar-refractivity contribution in [1.29, 1.82) is 5.26 Å². The minimum absolute atomic E-state index is 0.0336. The summed E-state index contributed by atoms with van der Waals surface area (Å²) < 4.78 is 5.41. The zero-order chi connectivity index (χ0) is 20.6. The molecule has 0 radical (unpaired) electrons. The first-order chi connectivity index (χ1) is 13.3. The van der Waals surface area contributed by atoms with E-state index in [2.05, 4.69) is 31.6 Å². The first-order valence-corrected chi connectivity index (χ1v) is 8.79. The molecule has 2 aromatic rings. The first-order valence-electron chi connectivity index (χ1n) is 8.79. The monoisotopic (exact) mass is 377 g/mol. The Morgan fingerprint density at radius 1 is 1.04 bits per heavy atom. The highest BCUT2D eigenvalue weighted by atomic mass is 16.5. The number of carbonyl (C=O) groups excluding carboxylic acids is 2. The normalized spacial score (nSPS) is 11.3. The summed E-state index contributed by atoms with van der Waals surface area (Å²) in [6.07, 6.45) is 1.44. The maximum Gasteiger partial charge on any atom is 0.280 e. The summed E-state index contributed by atoms with van der Waals surface area (Å²) in [7, 11) is 0. The van der Waals surface area contributed by atoms with Crippen LogP contribution in [-0.2, 0) is 15.0 Å². The van der Waals surface area contributed by atoms with Crippen LogP contribution in [0, 0.1) is 11.3 Å². The van der Waals surface area contributed by atoms with E-state index in [1.54, 1.807) is 36.4 Å². The van der Waals surface area contributed by atoms with Gasteiger partial charge in [-0.25, -0.2) is 0 Å². The molecular formula is C22H23N3O3. The summed E-state index contributed by atoms with van der Waals surface area (Å²) >= 11 is 0. The lowest BCUT2D eigenvalue weighted by Gasteiger charge is -2.19. The standard InChI is InChI=1S/C22H23N3O3/c1-22(2,3)18-9-11-19(12-10-18)28-15-20(26)24-25-21(27)17(14-23)13-16-7-5-4-6-8-16/h4-13H,15H2,1-3H3,(H,24,26)(H,25,27)/b17-13+. The minimum atomic E-state index is -0.700. The molecule has 0 unspecified atom stereocenters. The van der Waals surface area contributed by atoms with Crippen molar-refractivity contribution in [1.82, 2.24) is 10.9 Å². The number of nitrogens with zero attached hydrogens (tertiary/aromatic N) is 1. The van der Waals surface area contributed by atoms with Gasteiger partial charge < -0.3 is 4.74 Å². The van der Waals surface area contributed by atoms with E-state index in [9.17, 15) is 9.59 Å². The molecule has 0 aliphatic heterocycles. The lowest BCUT2D eigenvalue weighted by atomic mass is 9.87. The highest BCUT2D eigenvalue weighted by Crippen LogP contribution is 2.24. The summed E-state index contributed by atoms with van der Waals surface area (Å²) in [5.74, 6) is -0.685. The van der Waals surface area contributed by atoms with Crippen molar-refractivity contribution in [3.63, 3.8) is 0 Å². The summed E-state index contributed by atoms with van der Waals surface area (Å²) in [4.78, 5) is 23.9. The van der Waals surface area contributed by atoms with E-state index in [-0.39, 0.29) is 17.6 Å². The highest BCUT2D eigenvalue weighted by molar-refractivity contribution is 6.02. The van der Waals surface area contributed by atoms with Crippen molar-refractivity contribution in [2.45, 2.75) is 26.2 Å². The highest BCUT2D eigenvalue weighted by Gasteiger charge is 2.14. The van der Waals surface area contributed by atoms with Gasteiger partial charge in [-0.2, -0.15) is 5.26 Å². The molecule has 0 fully saturated rings. The van der Waals surface area contributed by atoms with Crippen LogP contribution in [0.25, 0.3) is 6.08 Å². The molecule has 28 heavy (non-hydrogen) atoms. The molecule has 6 nitrogen and oxygen atoms in total. The van der Waals surface area contributed by atoms with Gasteiger partial charge in [-0.3, -0.25) is 20.4 Å². The van der Waals surface area contributed by atoms with Crippen LogP contribution < -0.4 is 15.6 Å². The fraction of sp³-hybridized carbons (Fsp3) is 0.227. The van der Waals surface area contributed by atoms with Crippen LogP contribution in [0.1, 0.15) is 31.9 Å². The largest absolute Gasteiger partial charge is 0.484 e. The topological polar surface area (TPSA) is 91.2 Å². The van der Waals surface area contributed by atoms with Crippen molar-refractivity contribution in [2.75, 3.05) is 6.61 Å². The van der Waals surface area contributed by atoms with E-state index in [1.807, 2.05) is 24.3 Å². The number of rotatable bonds is 5. The molecule has 2 N–H and O–H groups in total. The third-order valence-corrected chi connectivity index (χ3v) is 3.88. The number of benzene rings is 2. The van der Waals surface area contributed by atoms with Gasteiger partial charge in [0.15, 0.2) is 6.61 Å². The van der Waals surface area contributed by atoms with Gasteiger partial charge in [0.1, 0.15) is 17.4 Å². The molecule has 0 bridgehead atoms. The van der Waals surface area contributed by atoms with Crippen molar-refractivity contribution in [3.8, 4) is 11.8 Å². The Hall–Kier alpha value is -3.59. The third-order valence-electron chi connectivity index (χ3n) is 3.88. The molecule has 144 valence electrons. The van der Waals surface area contributed by atoms with E-state index in [4.69, 9.17) is 10.00 Å². The number of hydrazine groups is 1. The average molecular weight is 377 g/mol. The number of carbonyl (C=O) groups is 2. The second-order valence-electron chi connectivity index (χ2n) is 7.15. The van der Waals surface area contributed by atoms with Crippen LogP contribution in [0.2, 0.25) is 0 Å². The van der Waals surface area contributed by atoms with Gasteiger partial charge >= 0.3 is 0 Å². The van der Waals surface area contributed by atoms with Gasteiger partial charge in [-0.15, -0.1) is 0 Å². The van der Waals surface area contributed by atoms with Gasteiger partial charge in [0.05, 0.1) is 0 Å². The maximum absolute atomic E-state index is 12.0. The molecule has 0 spiro atoms. The Balaban J connectivity index is 1.84. The van der Waals surface area contributed by atoms with Crippen molar-refractivity contribution >= 4 is 17.9 Å². The zero-order valence-electron chi connectivity index (χ0n) is 16.2. The molecule has 2 rings (SSSR count). The third kappa shape index (κ3) is 6.29. The van der Waals surface area contributed by atoms with Crippen LogP contribution in [0.5, 0.6) is 5.75 Å². The van der Waals surface area contributed by atoms with E-state index in [0.717, 1.165) is 5.56 Å². The Morgan fingerprint density at radius 3 is 2.25 bits per heavy atom. The van der Waals surface area contributed by atoms with Crippen LogP contribution in [-0.4, -0.2) is 18.4 Å². The zero-order valence-corrected chi connectivity index (χ0v) is 16.2. The molecule has 0 aliphatic carbocycles. The number of ether oxygens (including phenoxy) is 1. The Kier molecular flexibility index (Phi) is 6.94. The quantitative estimate of drug-likeness (QED) is 0.476. The van der Waals surface area contributed by atoms with Gasteiger partial charge in [-0.05, 0) is 34.8 Å². The first kappa shape index (κ1) is 20.7. The molecular weight excluding hydrogens is 354 g/mol. The Morgan fingerprint density at radius 2 is 1.68 bits per heavy atom. The van der Waals surface area contributed by atoms with Crippen molar-refractivity contribution < 1.29 is 14.3 Å². The van der Waals surface area contributed by atoms with E-state index in [1.165, 1.54) is 6.08 Å². The summed E-state index contributed by atoms with van der Waals surface area (Å²) in [6, 6.07) is 18.3. The summed E-state index contributed by atoms with van der Waals surface area (Å²) in [6.45, 7) is 6.07. The van der Waals surface area contributed by atoms with E-state index >= 15 is 0 Å². The van der Waals surface area contributed by atoms with Gasteiger partial charge in [0, 0.05) is 0 Å². The summed E-state index contributed by atoms with van der Waals surface area (Å²) in [5.41, 5.74) is 6.23. The second-order valence-corrected chi connectivity index (χ2v) is 7.15. The molecule has 2 amide bonds. The van der Waals surface area contributed by atoms with Gasteiger partial charge in [-0.1, -0.05) is 63.2 Å². The molecule has 0 heterocycles. The Bertz CT molecular complexity index is 889. The predicted octanol–water partition coefficient (Wildman–Crippen LogP) is 3.12. The SMILES string of the molecule is CC(C)(C)c1ccc(OCC(=O)NNC(=O)/C(C#N)=C/c2ccccc2)cc1. The Labute approximate surface area is 164 Å². The summed E-state index contributed by atoms with van der Waals surface area (Å²) in [5, 5.41) is 9.14. The van der Waals surface area contributed by atoms with Crippen molar-refractivity contribution in [3.05, 3.63) is 71.3 Å². The fourth-order valence-corrected chi connectivity index (χ4v) is 2.29. The minimum Gasteiger partial charge on any atom is -0.484 e. The molecule has 2 aromatic carbocycles. The smallest absolute Gasteiger partial charge is 0.280 e. The van der Waals surface area contributed by atoms with Crippen LogP contribution in [0.4, 0.5) is 0 Å². The average Bonchev–Trinajstić information content (AvgIpc) is 2.69. The second kappa shape index (κ2) is 9.38. The van der Waals surface area contributed by atoms with Crippen molar-refractivity contribution in [2.24, 2.45) is 0 Å². The van der Waals surface area contributed by atoms with E-state index < -0.39 is 11.8 Å². The fourth-order valence-electron chi connectivity index (χ4n) is 2.29. The predicted molar refractivity (Wildman–Crippen MR) is 107 cm³/mol. The molecule has 0 aromatic heterocycles. The molecule has 0 aliphatic rings. The van der Waals surface area contributed by atoms with Crippen LogP contribution >= 0.6 is 0 Å². The molecule has 6 heteroatoms. The van der Waals surface area contributed by atoms with E-state index in [0.29, 0.717) is 11.3 Å². The number of nitriles is 1. The molecule has 0 atom stereocenters. The molecule has 0 saturated carbocycles. The number of hydrogen-bond donors (Lipinski definition) is 2. The lowest BCUT2D eigenvalue weighted by Crippen LogP contribution is -2.44. The van der Waals surface area contributed by atoms with Gasteiger partial charge in [0.2, 0.25) is 0 Å². The van der Waals surface area contributed by atoms with Crippen LogP contribution in [0.3, 0.4) is 0 Å². The lowest BCUT2D eigenvalue weighted by molar-refractivity contribution is -0.128. The molecule has 0 saturated heterocycles. The number of hydrogen-bond acceptors (Lipinski definition) is 4. The number of nitrogens with one attached hydrogen (secondary N) is 2. The number of amides is 2. The maximum atomic E-state index is 12.0. The van der Waals surface area contributed by atoms with Gasteiger partial charge in [0.25, 0.3) is 11.8 Å². The van der Waals surface area contributed by atoms with Crippen LogP contribution in [0.15, 0.2) is 60.2 Å².